The van der Waals surface area contributed by atoms with Crippen LogP contribution >= 0.6 is 12.4 Å². The van der Waals surface area contributed by atoms with Crippen LogP contribution < -0.4 is 11.1 Å². The highest BCUT2D eigenvalue weighted by atomic mass is 35.5. The number of aromatic nitrogens is 1. The molecule has 1 aliphatic rings. The molecule has 0 saturated carbocycles. The normalized spacial score (nSPS) is 16.5. The Morgan fingerprint density at radius 3 is 3.00 bits per heavy atom. The molecule has 2 aromatic rings. The molecule has 1 aromatic heterocycles. The molecule has 1 heterocycles. The number of anilines is 1. The Kier molecular flexibility index (Phi) is 5.08. The summed E-state index contributed by atoms with van der Waals surface area (Å²) in [7, 11) is 0. The fourth-order valence-corrected chi connectivity index (χ4v) is 2.90. The number of nitrogens with zero attached hydrogens (tertiary/aromatic N) is 1. The molecular weight excluding hydrogens is 302 g/mol. The number of carbonyl (C=O) groups excluding carboxylic acids is 1. The Morgan fingerprint density at radius 1 is 1.45 bits per heavy atom. The van der Waals surface area contributed by atoms with Gasteiger partial charge in [-0.15, -0.1) is 12.4 Å². The number of amides is 1. The first-order valence-corrected chi connectivity index (χ1v) is 7.21. The predicted molar refractivity (Wildman–Crippen MR) is 86.9 cm³/mol. The lowest BCUT2D eigenvalue weighted by molar-refractivity contribution is -0.121. The van der Waals surface area contributed by atoms with Crippen molar-refractivity contribution in [3.05, 3.63) is 46.8 Å². The minimum Gasteiger partial charge on any atom is -0.399 e. The van der Waals surface area contributed by atoms with Crippen LogP contribution in [0.1, 0.15) is 41.5 Å². The van der Waals surface area contributed by atoms with Crippen molar-refractivity contribution in [3.63, 3.8) is 0 Å². The van der Waals surface area contributed by atoms with Gasteiger partial charge in [-0.3, -0.25) is 4.79 Å². The zero-order valence-electron chi connectivity index (χ0n) is 12.5. The summed E-state index contributed by atoms with van der Waals surface area (Å²) in [5, 5.41) is 6.94. The van der Waals surface area contributed by atoms with Crippen molar-refractivity contribution in [2.24, 2.45) is 0 Å². The van der Waals surface area contributed by atoms with Gasteiger partial charge in [-0.2, -0.15) is 0 Å². The maximum Gasteiger partial charge on any atom is 0.226 e. The van der Waals surface area contributed by atoms with Gasteiger partial charge >= 0.3 is 0 Å². The van der Waals surface area contributed by atoms with Crippen molar-refractivity contribution < 1.29 is 9.32 Å². The number of nitrogens with one attached hydrogen (secondary N) is 1. The molecule has 0 saturated heterocycles. The van der Waals surface area contributed by atoms with Crippen LogP contribution in [0, 0.1) is 6.92 Å². The number of fused-ring (bicyclic) bond motifs is 1. The highest BCUT2D eigenvalue weighted by Gasteiger charge is 2.22. The first-order valence-electron chi connectivity index (χ1n) is 7.21. The molecule has 0 aliphatic heterocycles. The van der Waals surface area contributed by atoms with Gasteiger partial charge in [0.25, 0.3) is 0 Å². The van der Waals surface area contributed by atoms with Crippen molar-refractivity contribution in [2.45, 2.75) is 38.6 Å². The molecule has 3 rings (SSSR count). The average Bonchev–Trinajstić information content (AvgIpc) is 2.83. The van der Waals surface area contributed by atoms with Gasteiger partial charge in [-0.1, -0.05) is 11.2 Å². The number of hydrogen-bond acceptors (Lipinski definition) is 4. The summed E-state index contributed by atoms with van der Waals surface area (Å²) >= 11 is 0. The Morgan fingerprint density at radius 2 is 2.27 bits per heavy atom. The number of hydrogen-bond donors (Lipinski definition) is 2. The predicted octanol–water partition coefficient (Wildman–Crippen LogP) is 2.72. The van der Waals surface area contributed by atoms with Crippen molar-refractivity contribution >= 4 is 24.0 Å². The minimum absolute atomic E-state index is 0. The molecule has 118 valence electrons. The third kappa shape index (κ3) is 3.60. The Balaban J connectivity index is 0.00000176. The summed E-state index contributed by atoms with van der Waals surface area (Å²) in [6.07, 6.45) is 3.29. The SMILES string of the molecule is Cc1cc(CC(=O)NC2CCCc3cc(N)ccc32)no1.Cl. The summed E-state index contributed by atoms with van der Waals surface area (Å²) < 4.78 is 4.98. The summed E-state index contributed by atoms with van der Waals surface area (Å²) in [5.74, 6) is 0.689. The van der Waals surface area contributed by atoms with Gasteiger partial charge in [0.1, 0.15) is 5.76 Å². The van der Waals surface area contributed by atoms with Crippen molar-refractivity contribution in [1.29, 1.82) is 0 Å². The second-order valence-corrected chi connectivity index (χ2v) is 5.58. The third-order valence-electron chi connectivity index (χ3n) is 3.84. The van der Waals surface area contributed by atoms with Gasteiger partial charge in [0.2, 0.25) is 5.91 Å². The molecule has 22 heavy (non-hydrogen) atoms. The Hall–Kier alpha value is -2.01. The third-order valence-corrected chi connectivity index (χ3v) is 3.84. The van der Waals surface area contributed by atoms with E-state index in [0.717, 1.165) is 30.7 Å². The van der Waals surface area contributed by atoms with Gasteiger partial charge in [0.05, 0.1) is 18.2 Å². The maximum absolute atomic E-state index is 12.1. The number of rotatable bonds is 3. The molecule has 0 fully saturated rings. The van der Waals surface area contributed by atoms with Gasteiger partial charge in [-0.25, -0.2) is 0 Å². The number of carbonyl (C=O) groups is 1. The molecule has 5 nitrogen and oxygen atoms in total. The van der Waals surface area contributed by atoms with E-state index in [0.29, 0.717) is 5.69 Å². The zero-order valence-corrected chi connectivity index (χ0v) is 13.3. The summed E-state index contributed by atoms with van der Waals surface area (Å²) in [6, 6.07) is 7.78. The molecule has 0 radical (unpaired) electrons. The monoisotopic (exact) mass is 321 g/mol. The first-order chi connectivity index (χ1) is 10.1. The van der Waals surface area contributed by atoms with Crippen LogP contribution in [0.2, 0.25) is 0 Å². The number of halogens is 1. The van der Waals surface area contributed by atoms with E-state index in [1.54, 1.807) is 6.07 Å². The fraction of sp³-hybridized carbons (Fsp3) is 0.375. The molecule has 3 N–H and O–H groups in total. The lowest BCUT2D eigenvalue weighted by Crippen LogP contribution is -2.32. The van der Waals surface area contributed by atoms with Crippen LogP contribution in [0.5, 0.6) is 0 Å². The van der Waals surface area contributed by atoms with Crippen LogP contribution in [0.3, 0.4) is 0 Å². The fourth-order valence-electron chi connectivity index (χ4n) is 2.90. The van der Waals surface area contributed by atoms with Crippen LogP contribution in [0.25, 0.3) is 0 Å². The van der Waals surface area contributed by atoms with Gasteiger partial charge in [0.15, 0.2) is 0 Å². The number of benzene rings is 1. The summed E-state index contributed by atoms with van der Waals surface area (Å²) in [6.45, 7) is 1.82. The van der Waals surface area contributed by atoms with Crippen LogP contribution in [-0.4, -0.2) is 11.1 Å². The van der Waals surface area contributed by atoms with Crippen molar-refractivity contribution in [2.75, 3.05) is 5.73 Å². The molecule has 1 unspecified atom stereocenters. The molecule has 1 aliphatic carbocycles. The van der Waals surface area contributed by atoms with E-state index in [-0.39, 0.29) is 30.8 Å². The number of nitrogens with two attached hydrogens (primary N) is 1. The van der Waals surface area contributed by atoms with Gasteiger partial charge < -0.3 is 15.6 Å². The molecular formula is C16H20ClN3O2. The molecule has 6 heteroatoms. The standard InChI is InChI=1S/C16H19N3O2.ClH/c1-10-7-13(19-21-10)9-16(20)18-15-4-2-3-11-8-12(17)5-6-14(11)15;/h5-8,15H,2-4,9,17H2,1H3,(H,18,20);1H. The number of aryl methyl sites for hydroxylation is 2. The van der Waals surface area contributed by atoms with Gasteiger partial charge in [0, 0.05) is 11.8 Å². The second kappa shape index (κ2) is 6.83. The second-order valence-electron chi connectivity index (χ2n) is 5.58. The lowest BCUT2D eigenvalue weighted by atomic mass is 9.87. The number of nitrogen functional groups attached to an aromatic ring is 1. The van der Waals surface area contributed by atoms with E-state index < -0.39 is 0 Å². The average molecular weight is 322 g/mol. The van der Waals surface area contributed by atoms with E-state index >= 15 is 0 Å². The highest BCUT2D eigenvalue weighted by Crippen LogP contribution is 2.30. The van der Waals surface area contributed by atoms with Crippen LogP contribution in [0.15, 0.2) is 28.8 Å². The van der Waals surface area contributed by atoms with Crippen molar-refractivity contribution in [1.82, 2.24) is 10.5 Å². The maximum atomic E-state index is 12.1. The molecule has 1 amide bonds. The zero-order chi connectivity index (χ0) is 14.8. The lowest BCUT2D eigenvalue weighted by Gasteiger charge is -2.26. The van der Waals surface area contributed by atoms with E-state index in [4.69, 9.17) is 10.3 Å². The van der Waals surface area contributed by atoms with Crippen molar-refractivity contribution in [3.8, 4) is 0 Å². The molecule has 0 spiro atoms. The van der Waals surface area contributed by atoms with E-state index in [1.807, 2.05) is 25.1 Å². The van der Waals surface area contributed by atoms with Crippen LogP contribution in [0.4, 0.5) is 5.69 Å². The smallest absolute Gasteiger partial charge is 0.226 e. The topological polar surface area (TPSA) is 81.2 Å². The summed E-state index contributed by atoms with van der Waals surface area (Å²) in [4.78, 5) is 12.1. The summed E-state index contributed by atoms with van der Waals surface area (Å²) in [5.41, 5.74) is 9.69. The minimum atomic E-state index is -0.0297. The largest absolute Gasteiger partial charge is 0.399 e. The molecule has 0 bridgehead atoms. The van der Waals surface area contributed by atoms with Crippen LogP contribution in [-0.2, 0) is 17.6 Å². The quantitative estimate of drug-likeness (QED) is 0.852. The molecule has 1 atom stereocenters. The van der Waals surface area contributed by atoms with Gasteiger partial charge in [-0.05, 0) is 49.4 Å². The van der Waals surface area contributed by atoms with E-state index in [2.05, 4.69) is 10.5 Å². The molecule has 1 aromatic carbocycles. The highest BCUT2D eigenvalue weighted by molar-refractivity contribution is 5.85. The van der Waals surface area contributed by atoms with E-state index in [9.17, 15) is 4.79 Å². The Bertz CT molecular complexity index is 669. The van der Waals surface area contributed by atoms with E-state index in [1.165, 1.54) is 11.1 Å². The first kappa shape index (κ1) is 16.4. The Labute approximate surface area is 135 Å².